The second-order valence-electron chi connectivity index (χ2n) is 5.20. The van der Waals surface area contributed by atoms with Crippen LogP contribution in [0.25, 0.3) is 10.1 Å². The van der Waals surface area contributed by atoms with Gasteiger partial charge in [-0.3, -0.25) is 0 Å². The third kappa shape index (κ3) is 2.83. The molecule has 1 fully saturated rings. The van der Waals surface area contributed by atoms with Crippen LogP contribution in [0.5, 0.6) is 5.75 Å². The molecule has 1 aliphatic rings. The average Bonchev–Trinajstić information content (AvgIpc) is 3.20. The Morgan fingerprint density at radius 3 is 2.12 bits per heavy atom. The van der Waals surface area contributed by atoms with E-state index in [-0.39, 0.29) is 10.1 Å². The van der Waals surface area contributed by atoms with Crippen LogP contribution in [0.1, 0.15) is 23.6 Å². The fraction of sp³-hybridized carbons (Fsp3) is 0.385. The molecule has 0 aliphatic heterocycles. The maximum absolute atomic E-state index is 13.5. The van der Waals surface area contributed by atoms with Gasteiger partial charge < -0.3 is 4.18 Å². The van der Waals surface area contributed by atoms with Crippen LogP contribution in [0.3, 0.4) is 0 Å². The van der Waals surface area contributed by atoms with Gasteiger partial charge >= 0.3 is 21.1 Å². The van der Waals surface area contributed by atoms with E-state index in [1.165, 1.54) is 12.1 Å². The maximum atomic E-state index is 13.5. The van der Waals surface area contributed by atoms with Gasteiger partial charge in [0, 0.05) is 5.92 Å². The van der Waals surface area contributed by atoms with Crippen molar-refractivity contribution in [2.24, 2.45) is 0 Å². The van der Waals surface area contributed by atoms with Crippen LogP contribution in [0.15, 0.2) is 24.3 Å². The summed E-state index contributed by atoms with van der Waals surface area (Å²) in [7, 11) is -8.55. The van der Waals surface area contributed by atoms with Crippen LogP contribution in [0.4, 0.5) is 26.3 Å². The minimum absolute atomic E-state index is 0.257. The molecule has 1 aliphatic carbocycles. The molecule has 0 N–H and O–H groups in total. The zero-order valence-electron chi connectivity index (χ0n) is 11.6. The Balaban J connectivity index is 2.30. The lowest BCUT2D eigenvalue weighted by atomic mass is 10.2. The first-order valence-electron chi connectivity index (χ1n) is 6.59. The highest BCUT2D eigenvalue weighted by Gasteiger charge is 2.56. The largest absolute Gasteiger partial charge is 0.601 e. The van der Waals surface area contributed by atoms with Crippen LogP contribution in [-0.2, 0) is 15.6 Å². The Morgan fingerprint density at radius 2 is 1.62 bits per heavy atom. The number of hydrogen-bond acceptors (Lipinski definition) is 3. The van der Waals surface area contributed by atoms with Gasteiger partial charge in [-0.25, -0.2) is 0 Å². The highest BCUT2D eigenvalue weighted by atomic mass is 32.2. The maximum Gasteiger partial charge on any atom is 0.601 e. The number of thiophene rings is 1. The van der Waals surface area contributed by atoms with Gasteiger partial charge in [-0.1, -0.05) is 12.1 Å². The Kier molecular flexibility index (Phi) is 3.79. The molecule has 1 heterocycles. The standard InChI is InChI=1S/C13H9F6O3S2/c14-12(15,16)23-9-4-2-1-3-8(9)10(11(23)7-5-6-7)22-24(20,21)13(17,18)19/h1-4,7H,5-6H2/q+1. The van der Waals surface area contributed by atoms with Crippen LogP contribution >= 0.6 is 10.5 Å². The normalized spacial score (nSPS) is 17.3. The monoisotopic (exact) mass is 391 g/mol. The van der Waals surface area contributed by atoms with Gasteiger partial charge in [-0.05, 0) is 25.0 Å². The lowest BCUT2D eigenvalue weighted by Gasteiger charge is -2.09. The molecule has 0 saturated heterocycles. The predicted octanol–water partition coefficient (Wildman–Crippen LogP) is 5.17. The van der Waals surface area contributed by atoms with Crippen molar-refractivity contribution < 1.29 is 38.9 Å². The summed E-state index contributed by atoms with van der Waals surface area (Å²) < 4.78 is 105. The topological polar surface area (TPSA) is 43.4 Å². The van der Waals surface area contributed by atoms with Crippen molar-refractivity contribution in [2.45, 2.75) is 29.8 Å². The minimum atomic E-state index is -6.05. The van der Waals surface area contributed by atoms with E-state index in [9.17, 15) is 34.8 Å². The number of hydrogen-bond donors (Lipinski definition) is 0. The second kappa shape index (κ2) is 5.25. The molecule has 0 bridgehead atoms. The second-order valence-corrected chi connectivity index (χ2v) is 8.69. The first kappa shape index (κ1) is 17.3. The van der Waals surface area contributed by atoms with E-state index in [0.717, 1.165) is 12.1 Å². The first-order valence-corrected chi connectivity index (χ1v) is 9.22. The lowest BCUT2D eigenvalue weighted by Crippen LogP contribution is -2.28. The quantitative estimate of drug-likeness (QED) is 0.314. The van der Waals surface area contributed by atoms with E-state index in [0.29, 0.717) is 12.8 Å². The van der Waals surface area contributed by atoms with Crippen molar-refractivity contribution in [3.63, 3.8) is 0 Å². The molecule has 24 heavy (non-hydrogen) atoms. The molecule has 2 aromatic rings. The van der Waals surface area contributed by atoms with E-state index in [1.807, 2.05) is 0 Å². The number of rotatable bonds is 3. The first-order chi connectivity index (χ1) is 10.9. The highest BCUT2D eigenvalue weighted by Crippen LogP contribution is 2.62. The van der Waals surface area contributed by atoms with Crippen LogP contribution in [0.2, 0.25) is 0 Å². The van der Waals surface area contributed by atoms with Crippen LogP contribution < -0.4 is 4.18 Å². The molecule has 132 valence electrons. The molecule has 3 nitrogen and oxygen atoms in total. The van der Waals surface area contributed by atoms with Gasteiger partial charge in [0.25, 0.3) is 0 Å². The van der Waals surface area contributed by atoms with Gasteiger partial charge in [0.1, 0.15) is 10.5 Å². The molecule has 1 unspecified atom stereocenters. The van der Waals surface area contributed by atoms with Crippen molar-refractivity contribution >= 4 is 30.7 Å². The van der Waals surface area contributed by atoms with Gasteiger partial charge in [-0.2, -0.15) is 21.6 Å². The third-order valence-corrected chi connectivity index (χ3v) is 6.62. The number of benzene rings is 1. The third-order valence-electron chi connectivity index (χ3n) is 3.45. The zero-order valence-corrected chi connectivity index (χ0v) is 13.2. The molecule has 11 heteroatoms. The Bertz CT molecular complexity index is 891. The summed E-state index contributed by atoms with van der Waals surface area (Å²) in [6, 6.07) is 4.90. The van der Waals surface area contributed by atoms with Gasteiger partial charge in [0.05, 0.1) is 5.39 Å². The Hall–Kier alpha value is -1.49. The van der Waals surface area contributed by atoms with E-state index in [1.54, 1.807) is 0 Å². The molecule has 1 saturated carbocycles. The van der Waals surface area contributed by atoms with E-state index in [2.05, 4.69) is 4.18 Å². The number of halogens is 6. The van der Waals surface area contributed by atoms with Crippen LogP contribution in [0, 0.1) is 0 Å². The minimum Gasteiger partial charge on any atom is -0.370 e. The van der Waals surface area contributed by atoms with Crippen molar-refractivity contribution in [3.8, 4) is 5.75 Å². The van der Waals surface area contributed by atoms with Gasteiger partial charge in [0.15, 0.2) is 4.70 Å². The Morgan fingerprint density at radius 1 is 1.04 bits per heavy atom. The van der Waals surface area contributed by atoms with Crippen molar-refractivity contribution in [1.29, 1.82) is 0 Å². The van der Waals surface area contributed by atoms with Gasteiger partial charge in [0.2, 0.25) is 10.6 Å². The van der Waals surface area contributed by atoms with E-state index >= 15 is 0 Å². The summed E-state index contributed by atoms with van der Waals surface area (Å²) in [5, 5.41) is -0.257. The van der Waals surface area contributed by atoms with Crippen molar-refractivity contribution in [2.75, 3.05) is 0 Å². The van der Waals surface area contributed by atoms with E-state index in [4.69, 9.17) is 0 Å². The molecule has 0 radical (unpaired) electrons. The summed E-state index contributed by atoms with van der Waals surface area (Å²) in [6.07, 6.45) is 0.698. The Labute approximate surface area is 134 Å². The molecule has 0 amide bonds. The summed E-state index contributed by atoms with van der Waals surface area (Å²) in [4.78, 5) is -0.406. The smallest absolute Gasteiger partial charge is 0.370 e. The summed E-state index contributed by atoms with van der Waals surface area (Å²) in [5.41, 5.74) is -10.5. The fourth-order valence-corrected chi connectivity index (χ4v) is 5.15. The molecule has 1 aromatic carbocycles. The van der Waals surface area contributed by atoms with E-state index < -0.39 is 48.1 Å². The number of alkyl halides is 6. The summed E-state index contributed by atoms with van der Waals surface area (Å²) in [6.45, 7) is 0. The highest BCUT2D eigenvalue weighted by molar-refractivity contribution is 7.88. The molecular formula is C13H9F6O3S2+. The summed E-state index contributed by atoms with van der Waals surface area (Å²) >= 11 is 0. The molecule has 3 rings (SSSR count). The van der Waals surface area contributed by atoms with Crippen molar-refractivity contribution in [3.05, 3.63) is 29.1 Å². The lowest BCUT2D eigenvalue weighted by molar-refractivity contribution is -0.0867. The fourth-order valence-electron chi connectivity index (χ4n) is 2.37. The predicted molar refractivity (Wildman–Crippen MR) is 75.3 cm³/mol. The number of fused-ring (bicyclic) bond motifs is 1. The molecule has 1 atom stereocenters. The van der Waals surface area contributed by atoms with Crippen LogP contribution in [-0.4, -0.2) is 13.9 Å². The molecule has 0 spiro atoms. The average molecular weight is 391 g/mol. The zero-order chi connectivity index (χ0) is 17.9. The van der Waals surface area contributed by atoms with Gasteiger partial charge in [-0.15, -0.1) is 13.2 Å². The SMILES string of the molecule is O=S(=O)(Oc1c(C2CC2)[s+](C(F)(F)F)c2ccccc12)C(F)(F)F. The molecular weight excluding hydrogens is 382 g/mol. The van der Waals surface area contributed by atoms with Crippen molar-refractivity contribution in [1.82, 2.24) is 0 Å². The molecule has 1 aromatic heterocycles. The summed E-state index contributed by atoms with van der Waals surface area (Å²) in [5.74, 6) is -1.45.